The van der Waals surface area contributed by atoms with Crippen molar-refractivity contribution in [3.63, 3.8) is 0 Å². The lowest BCUT2D eigenvalue weighted by atomic mass is 10.2. The summed E-state index contributed by atoms with van der Waals surface area (Å²) in [6, 6.07) is 17.2. The molecule has 1 aromatic heterocycles. The molecule has 1 amide bonds. The molecule has 0 aliphatic carbocycles. The van der Waals surface area contributed by atoms with Crippen molar-refractivity contribution in [2.75, 3.05) is 25.1 Å². The number of carbonyl (C=O) groups is 2. The van der Waals surface area contributed by atoms with Gasteiger partial charge in [0.1, 0.15) is 4.88 Å². The minimum Gasteiger partial charge on any atom is -0.462 e. The van der Waals surface area contributed by atoms with Crippen LogP contribution in [0.1, 0.15) is 27.9 Å². The number of hydrogen-bond donors (Lipinski definition) is 0. The largest absolute Gasteiger partial charge is 0.462 e. The first-order valence-corrected chi connectivity index (χ1v) is 12.5. The first-order valence-electron chi connectivity index (χ1n) is 10.2. The van der Waals surface area contributed by atoms with E-state index in [1.807, 2.05) is 30.3 Å². The number of likely N-dealkylation sites (N-methyl/N-ethyl adjacent to an activating group) is 1. The van der Waals surface area contributed by atoms with Crippen molar-refractivity contribution in [2.24, 2.45) is 0 Å². The molecule has 0 N–H and O–H groups in total. The summed E-state index contributed by atoms with van der Waals surface area (Å²) in [5, 5.41) is 0.301. The number of anilines is 1. The third-order valence-corrected chi connectivity index (χ3v) is 7.75. The second-order valence-corrected chi connectivity index (χ2v) is 10.2. The number of thiazole rings is 1. The molecular weight excluding hydrogens is 462 g/mol. The molecule has 33 heavy (non-hydrogen) atoms. The van der Waals surface area contributed by atoms with Crippen molar-refractivity contribution in [1.82, 2.24) is 9.29 Å². The first-order chi connectivity index (χ1) is 15.7. The zero-order chi connectivity index (χ0) is 24.0. The van der Waals surface area contributed by atoms with Gasteiger partial charge in [-0.15, -0.1) is 0 Å². The molecule has 0 spiro atoms. The number of esters is 1. The van der Waals surface area contributed by atoms with Crippen LogP contribution in [0.2, 0.25) is 0 Å². The monoisotopic (exact) mass is 487 g/mol. The number of aromatic nitrogens is 1. The fourth-order valence-electron chi connectivity index (χ4n) is 3.05. The second kappa shape index (κ2) is 10.7. The molecule has 0 saturated heterocycles. The molecule has 8 nitrogen and oxygen atoms in total. The van der Waals surface area contributed by atoms with Gasteiger partial charge >= 0.3 is 5.97 Å². The van der Waals surface area contributed by atoms with E-state index in [2.05, 4.69) is 4.98 Å². The van der Waals surface area contributed by atoms with Crippen LogP contribution < -0.4 is 4.90 Å². The molecule has 174 valence electrons. The number of benzene rings is 2. The SMILES string of the molecule is CCOC(=O)c1sc(N(Cc2ccccc2)C(=O)CN(C)S(=O)(=O)c2ccccc2)nc1C. The molecule has 0 bridgehead atoms. The van der Waals surface area contributed by atoms with Crippen LogP contribution >= 0.6 is 11.3 Å². The topological polar surface area (TPSA) is 96.9 Å². The number of aryl methyl sites for hydroxylation is 1. The van der Waals surface area contributed by atoms with Crippen LogP contribution in [-0.4, -0.2) is 49.8 Å². The van der Waals surface area contributed by atoms with Crippen LogP contribution in [0.3, 0.4) is 0 Å². The number of rotatable bonds is 9. The third kappa shape index (κ3) is 5.84. The highest BCUT2D eigenvalue weighted by Gasteiger charge is 2.28. The van der Waals surface area contributed by atoms with E-state index >= 15 is 0 Å². The average molecular weight is 488 g/mol. The number of ether oxygens (including phenoxy) is 1. The van der Waals surface area contributed by atoms with Gasteiger partial charge in [-0.3, -0.25) is 9.69 Å². The van der Waals surface area contributed by atoms with Gasteiger partial charge in [-0.25, -0.2) is 18.2 Å². The zero-order valence-corrected chi connectivity index (χ0v) is 20.2. The highest BCUT2D eigenvalue weighted by molar-refractivity contribution is 7.89. The molecule has 3 rings (SSSR count). The van der Waals surface area contributed by atoms with Crippen LogP contribution in [0.15, 0.2) is 65.6 Å². The molecule has 0 saturated carbocycles. The fraction of sp³-hybridized carbons (Fsp3) is 0.261. The second-order valence-electron chi connectivity index (χ2n) is 7.17. The number of sulfonamides is 1. The summed E-state index contributed by atoms with van der Waals surface area (Å²) in [7, 11) is -2.49. The Hall–Kier alpha value is -3.08. The molecule has 0 atom stereocenters. The molecule has 0 radical (unpaired) electrons. The summed E-state index contributed by atoms with van der Waals surface area (Å²) in [6.45, 7) is 3.39. The quantitative estimate of drug-likeness (QED) is 0.429. The fourth-order valence-corrected chi connectivity index (χ4v) is 5.16. The smallest absolute Gasteiger partial charge is 0.350 e. The van der Waals surface area contributed by atoms with Gasteiger partial charge in [0.05, 0.1) is 30.3 Å². The maximum absolute atomic E-state index is 13.3. The van der Waals surface area contributed by atoms with Crippen LogP contribution in [0.4, 0.5) is 5.13 Å². The Bertz CT molecular complexity index is 1210. The Labute approximate surface area is 197 Å². The van der Waals surface area contributed by atoms with Crippen molar-refractivity contribution < 1.29 is 22.7 Å². The van der Waals surface area contributed by atoms with E-state index in [-0.39, 0.29) is 18.0 Å². The first kappa shape index (κ1) is 24.6. The summed E-state index contributed by atoms with van der Waals surface area (Å²) in [5.41, 5.74) is 1.29. The lowest BCUT2D eigenvalue weighted by Gasteiger charge is -2.23. The van der Waals surface area contributed by atoms with Gasteiger partial charge in [0.25, 0.3) is 0 Å². The average Bonchev–Trinajstić information content (AvgIpc) is 3.20. The molecule has 2 aromatic carbocycles. The molecule has 0 unspecified atom stereocenters. The highest BCUT2D eigenvalue weighted by atomic mass is 32.2. The van der Waals surface area contributed by atoms with Crippen molar-refractivity contribution >= 4 is 38.4 Å². The Kier molecular flexibility index (Phi) is 7.96. The predicted molar refractivity (Wildman–Crippen MR) is 127 cm³/mol. The summed E-state index contributed by atoms with van der Waals surface area (Å²) in [6.07, 6.45) is 0. The summed E-state index contributed by atoms with van der Waals surface area (Å²) < 4.78 is 31.9. The summed E-state index contributed by atoms with van der Waals surface area (Å²) in [5.74, 6) is -0.973. The van der Waals surface area contributed by atoms with Gasteiger partial charge in [0.15, 0.2) is 5.13 Å². The Morgan fingerprint density at radius 2 is 1.64 bits per heavy atom. The van der Waals surface area contributed by atoms with Gasteiger partial charge in [0, 0.05) is 7.05 Å². The lowest BCUT2D eigenvalue weighted by Crippen LogP contribution is -2.41. The predicted octanol–water partition coefficient (Wildman–Crippen LogP) is 3.48. The maximum Gasteiger partial charge on any atom is 0.350 e. The van der Waals surface area contributed by atoms with E-state index in [0.29, 0.717) is 15.7 Å². The highest BCUT2D eigenvalue weighted by Crippen LogP contribution is 2.28. The molecule has 1 heterocycles. The van der Waals surface area contributed by atoms with Crippen molar-refractivity contribution in [3.05, 3.63) is 76.8 Å². The zero-order valence-electron chi connectivity index (χ0n) is 18.6. The lowest BCUT2D eigenvalue weighted by molar-refractivity contribution is -0.118. The van der Waals surface area contributed by atoms with Gasteiger partial charge in [-0.05, 0) is 31.5 Å². The molecular formula is C23H25N3O5S2. The number of carbonyl (C=O) groups excluding carboxylic acids is 2. The van der Waals surface area contributed by atoms with E-state index in [4.69, 9.17) is 4.74 Å². The normalized spacial score (nSPS) is 11.4. The maximum atomic E-state index is 13.3. The Morgan fingerprint density at radius 1 is 1.03 bits per heavy atom. The standard InChI is InChI=1S/C23H25N3O5S2/c1-4-31-22(28)21-17(2)24-23(32-21)26(15-18-11-7-5-8-12-18)20(27)16-25(3)33(29,30)19-13-9-6-10-14-19/h5-14H,4,15-16H2,1-3H3. The summed E-state index contributed by atoms with van der Waals surface area (Å²) >= 11 is 1.05. The van der Waals surface area contributed by atoms with E-state index in [1.165, 1.54) is 24.1 Å². The van der Waals surface area contributed by atoms with Crippen LogP contribution in [0.5, 0.6) is 0 Å². The number of amides is 1. The molecule has 3 aromatic rings. The summed E-state index contributed by atoms with van der Waals surface area (Å²) in [4.78, 5) is 31.8. The number of hydrogen-bond acceptors (Lipinski definition) is 7. The van der Waals surface area contributed by atoms with E-state index < -0.39 is 28.4 Å². The molecule has 0 aliphatic rings. The Balaban J connectivity index is 1.90. The molecule has 0 fully saturated rings. The van der Waals surface area contributed by atoms with E-state index in [0.717, 1.165) is 21.2 Å². The van der Waals surface area contributed by atoms with E-state index in [9.17, 15) is 18.0 Å². The molecule has 0 aliphatic heterocycles. The minimum absolute atomic E-state index is 0.101. The van der Waals surface area contributed by atoms with Crippen molar-refractivity contribution in [3.8, 4) is 0 Å². The van der Waals surface area contributed by atoms with Crippen molar-refractivity contribution in [1.29, 1.82) is 0 Å². The third-order valence-electron chi connectivity index (χ3n) is 4.77. The minimum atomic E-state index is -3.85. The van der Waals surface area contributed by atoms with Crippen LogP contribution in [-0.2, 0) is 26.1 Å². The van der Waals surface area contributed by atoms with E-state index in [1.54, 1.807) is 32.0 Å². The van der Waals surface area contributed by atoms with Gasteiger partial charge in [-0.2, -0.15) is 4.31 Å². The van der Waals surface area contributed by atoms with Gasteiger partial charge in [-0.1, -0.05) is 59.9 Å². The molecule has 10 heteroatoms. The van der Waals surface area contributed by atoms with Gasteiger partial charge < -0.3 is 4.74 Å². The van der Waals surface area contributed by atoms with Crippen LogP contribution in [0, 0.1) is 6.92 Å². The van der Waals surface area contributed by atoms with Crippen molar-refractivity contribution in [2.45, 2.75) is 25.3 Å². The van der Waals surface area contributed by atoms with Crippen LogP contribution in [0.25, 0.3) is 0 Å². The number of nitrogens with zero attached hydrogens (tertiary/aromatic N) is 3. The Morgan fingerprint density at radius 3 is 2.24 bits per heavy atom. The van der Waals surface area contributed by atoms with Gasteiger partial charge in [0.2, 0.25) is 15.9 Å².